The second-order valence-electron chi connectivity index (χ2n) is 7.97. The molecule has 0 radical (unpaired) electrons. The van der Waals surface area contributed by atoms with Crippen LogP contribution in [0.15, 0.2) is 24.3 Å². The summed E-state index contributed by atoms with van der Waals surface area (Å²) in [6, 6.07) is 7.98. The van der Waals surface area contributed by atoms with Crippen molar-refractivity contribution in [3.63, 3.8) is 0 Å². The van der Waals surface area contributed by atoms with E-state index in [4.69, 9.17) is 0 Å². The molecule has 4 nitrogen and oxygen atoms in total. The summed E-state index contributed by atoms with van der Waals surface area (Å²) >= 11 is 0. The van der Waals surface area contributed by atoms with Gasteiger partial charge in [-0.1, -0.05) is 51.5 Å². The molecule has 4 heteroatoms. The lowest BCUT2D eigenvalue weighted by molar-refractivity contribution is -0.139. The first kappa shape index (κ1) is 19.5. The first-order valence-electron chi connectivity index (χ1n) is 9.46. The van der Waals surface area contributed by atoms with E-state index in [-0.39, 0.29) is 6.04 Å². The summed E-state index contributed by atoms with van der Waals surface area (Å²) in [6.07, 6.45) is 5.35. The lowest BCUT2D eigenvalue weighted by Crippen LogP contribution is -2.46. The van der Waals surface area contributed by atoms with Crippen LogP contribution in [0.5, 0.6) is 0 Å². The third-order valence-electron chi connectivity index (χ3n) is 5.99. The molecule has 25 heavy (non-hydrogen) atoms. The monoisotopic (exact) mass is 344 g/mol. The zero-order valence-electron chi connectivity index (χ0n) is 16.0. The van der Waals surface area contributed by atoms with E-state index in [0.29, 0.717) is 17.9 Å². The van der Waals surface area contributed by atoms with Crippen LogP contribution in [-0.4, -0.2) is 17.9 Å². The van der Waals surface area contributed by atoms with Crippen LogP contribution >= 0.6 is 0 Å². The van der Waals surface area contributed by atoms with Crippen LogP contribution in [0.4, 0.5) is 0 Å². The van der Waals surface area contributed by atoms with E-state index >= 15 is 0 Å². The van der Waals surface area contributed by atoms with Crippen LogP contribution < -0.4 is 10.6 Å². The number of carbonyl (C=O) groups is 2. The number of nitrogens with one attached hydrogen (secondary N) is 2. The highest BCUT2D eigenvalue weighted by molar-refractivity contribution is 6.35. The lowest BCUT2D eigenvalue weighted by Gasteiger charge is -2.39. The summed E-state index contributed by atoms with van der Waals surface area (Å²) in [4.78, 5) is 24.2. The molecule has 1 fully saturated rings. The van der Waals surface area contributed by atoms with Gasteiger partial charge in [-0.05, 0) is 55.1 Å². The molecule has 0 atom stereocenters. The third kappa shape index (κ3) is 5.32. The largest absolute Gasteiger partial charge is 0.345 e. The molecule has 0 aliphatic heterocycles. The molecule has 0 saturated heterocycles. The molecule has 2 rings (SSSR count). The predicted octanol–water partition coefficient (Wildman–Crippen LogP) is 3.72. The van der Waals surface area contributed by atoms with Gasteiger partial charge in [0.05, 0.1) is 0 Å². The Kier molecular flexibility index (Phi) is 6.63. The molecule has 0 aromatic heterocycles. The SMILES string of the molecule is CCC(C)(C)C1CCC(NC(=O)C(=O)NCc2ccccc2C)CC1. The summed E-state index contributed by atoms with van der Waals surface area (Å²) in [7, 11) is 0. The fourth-order valence-electron chi connectivity index (χ4n) is 3.62. The first-order valence-corrected chi connectivity index (χ1v) is 9.46. The zero-order valence-corrected chi connectivity index (χ0v) is 16.0. The minimum Gasteiger partial charge on any atom is -0.345 e. The van der Waals surface area contributed by atoms with E-state index in [1.54, 1.807) is 0 Å². The molecule has 2 N–H and O–H groups in total. The Hall–Kier alpha value is -1.84. The second kappa shape index (κ2) is 8.50. The molecule has 1 aliphatic carbocycles. The van der Waals surface area contributed by atoms with Crippen molar-refractivity contribution in [2.75, 3.05) is 0 Å². The fourth-order valence-corrected chi connectivity index (χ4v) is 3.62. The van der Waals surface area contributed by atoms with Crippen molar-refractivity contribution in [3.05, 3.63) is 35.4 Å². The second-order valence-corrected chi connectivity index (χ2v) is 7.97. The number of amides is 2. The van der Waals surface area contributed by atoms with Gasteiger partial charge in [0.15, 0.2) is 0 Å². The van der Waals surface area contributed by atoms with Crippen LogP contribution in [0.1, 0.15) is 64.0 Å². The highest BCUT2D eigenvalue weighted by atomic mass is 16.2. The van der Waals surface area contributed by atoms with Crippen molar-refractivity contribution < 1.29 is 9.59 Å². The van der Waals surface area contributed by atoms with Crippen molar-refractivity contribution in [2.24, 2.45) is 11.3 Å². The van der Waals surface area contributed by atoms with Gasteiger partial charge in [0, 0.05) is 12.6 Å². The summed E-state index contributed by atoms with van der Waals surface area (Å²) in [6.45, 7) is 9.28. The van der Waals surface area contributed by atoms with Gasteiger partial charge in [-0.3, -0.25) is 9.59 Å². The van der Waals surface area contributed by atoms with Crippen molar-refractivity contribution in [1.82, 2.24) is 10.6 Å². The van der Waals surface area contributed by atoms with Crippen LogP contribution in [0.25, 0.3) is 0 Å². The number of hydrogen-bond donors (Lipinski definition) is 2. The van der Waals surface area contributed by atoms with Crippen LogP contribution in [0.2, 0.25) is 0 Å². The van der Waals surface area contributed by atoms with Gasteiger partial charge < -0.3 is 10.6 Å². The summed E-state index contributed by atoms with van der Waals surface area (Å²) in [5.41, 5.74) is 2.51. The maximum Gasteiger partial charge on any atom is 0.309 e. The Labute approximate surface area is 151 Å². The average Bonchev–Trinajstić information content (AvgIpc) is 2.61. The maximum absolute atomic E-state index is 12.1. The molecular formula is C21H32N2O2. The first-order chi connectivity index (χ1) is 11.8. The van der Waals surface area contributed by atoms with Crippen molar-refractivity contribution in [1.29, 1.82) is 0 Å². The number of hydrogen-bond acceptors (Lipinski definition) is 2. The van der Waals surface area contributed by atoms with E-state index < -0.39 is 11.8 Å². The lowest BCUT2D eigenvalue weighted by atomic mass is 9.69. The number of benzene rings is 1. The molecule has 1 saturated carbocycles. The van der Waals surface area contributed by atoms with Crippen molar-refractivity contribution >= 4 is 11.8 Å². The molecule has 0 unspecified atom stereocenters. The summed E-state index contributed by atoms with van der Waals surface area (Å²) < 4.78 is 0. The third-order valence-corrected chi connectivity index (χ3v) is 5.99. The smallest absolute Gasteiger partial charge is 0.309 e. The number of carbonyl (C=O) groups excluding carboxylic acids is 2. The van der Waals surface area contributed by atoms with Gasteiger partial charge in [0.1, 0.15) is 0 Å². The molecule has 138 valence electrons. The Bertz CT molecular complexity index is 602. The van der Waals surface area contributed by atoms with Crippen LogP contribution in [-0.2, 0) is 16.1 Å². The molecule has 0 bridgehead atoms. The molecule has 1 aliphatic rings. The maximum atomic E-state index is 12.1. The Morgan fingerprint density at radius 2 is 1.72 bits per heavy atom. The van der Waals surface area contributed by atoms with E-state index in [2.05, 4.69) is 31.4 Å². The van der Waals surface area contributed by atoms with E-state index in [1.165, 1.54) is 6.42 Å². The van der Waals surface area contributed by atoms with Gasteiger partial charge in [-0.2, -0.15) is 0 Å². The van der Waals surface area contributed by atoms with Gasteiger partial charge in [-0.15, -0.1) is 0 Å². The fraction of sp³-hybridized carbons (Fsp3) is 0.619. The van der Waals surface area contributed by atoms with Crippen LogP contribution in [0, 0.1) is 18.3 Å². The van der Waals surface area contributed by atoms with E-state index in [1.807, 2.05) is 31.2 Å². The number of aryl methyl sites for hydroxylation is 1. The topological polar surface area (TPSA) is 58.2 Å². The standard InChI is InChI=1S/C21H32N2O2/c1-5-21(3,4)17-10-12-18(13-11-17)23-20(25)19(24)22-14-16-9-7-6-8-15(16)2/h6-9,17-18H,5,10-14H2,1-4H3,(H,22,24)(H,23,25). The highest BCUT2D eigenvalue weighted by Gasteiger charge is 2.32. The number of rotatable bonds is 5. The van der Waals surface area contributed by atoms with Gasteiger partial charge in [-0.25, -0.2) is 0 Å². The Balaban J connectivity index is 1.77. The minimum absolute atomic E-state index is 0.126. The normalized spacial score (nSPS) is 20.8. The van der Waals surface area contributed by atoms with Crippen LogP contribution in [0.3, 0.4) is 0 Å². The summed E-state index contributed by atoms with van der Waals surface area (Å²) in [5, 5.41) is 5.63. The van der Waals surface area contributed by atoms with Gasteiger partial charge in [0.25, 0.3) is 0 Å². The average molecular weight is 344 g/mol. The quantitative estimate of drug-likeness (QED) is 0.800. The predicted molar refractivity (Wildman–Crippen MR) is 101 cm³/mol. The molecular weight excluding hydrogens is 312 g/mol. The molecule has 0 spiro atoms. The molecule has 1 aromatic rings. The molecule has 2 amide bonds. The van der Waals surface area contributed by atoms with E-state index in [9.17, 15) is 9.59 Å². The summed E-state index contributed by atoms with van der Waals surface area (Å²) in [5.74, 6) is -0.341. The van der Waals surface area contributed by atoms with Crippen molar-refractivity contribution in [2.45, 2.75) is 72.4 Å². The Morgan fingerprint density at radius 3 is 2.32 bits per heavy atom. The highest BCUT2D eigenvalue weighted by Crippen LogP contribution is 2.40. The van der Waals surface area contributed by atoms with E-state index in [0.717, 1.165) is 36.8 Å². The molecule has 1 aromatic carbocycles. The van der Waals surface area contributed by atoms with Crippen molar-refractivity contribution in [3.8, 4) is 0 Å². The minimum atomic E-state index is -0.542. The zero-order chi connectivity index (χ0) is 18.4. The molecule has 0 heterocycles. The van der Waals surface area contributed by atoms with Gasteiger partial charge >= 0.3 is 11.8 Å². The van der Waals surface area contributed by atoms with Gasteiger partial charge in [0.2, 0.25) is 0 Å². The Morgan fingerprint density at radius 1 is 1.08 bits per heavy atom.